The molecule has 2 rings (SSSR count). The van der Waals surface area contributed by atoms with Crippen molar-refractivity contribution in [2.45, 2.75) is 32.9 Å². The van der Waals surface area contributed by atoms with E-state index in [0.29, 0.717) is 17.7 Å². The molecule has 5 heteroatoms. The van der Waals surface area contributed by atoms with E-state index < -0.39 is 24.0 Å². The average Bonchev–Trinajstić information content (AvgIpc) is 2.60. The van der Waals surface area contributed by atoms with Gasteiger partial charge in [-0.15, -0.1) is 0 Å². The van der Waals surface area contributed by atoms with Crippen LogP contribution in [0.3, 0.4) is 0 Å². The highest BCUT2D eigenvalue weighted by Gasteiger charge is 2.29. The van der Waals surface area contributed by atoms with Crippen LogP contribution in [0.1, 0.15) is 41.3 Å². The van der Waals surface area contributed by atoms with E-state index in [-0.39, 0.29) is 0 Å². The molecule has 2 unspecified atom stereocenters. The first-order valence-electron chi connectivity index (χ1n) is 8.21. The molecule has 132 valence electrons. The normalized spacial score (nSPS) is 13.1. The Morgan fingerprint density at radius 1 is 1.08 bits per heavy atom. The van der Waals surface area contributed by atoms with Gasteiger partial charge < -0.3 is 15.2 Å². The SMILES string of the molecule is CCOC(C(=O)NC(C(=O)O)c1cccc(C)c1C)c1ccccc1. The molecule has 0 aliphatic heterocycles. The first-order valence-corrected chi connectivity index (χ1v) is 8.21. The highest BCUT2D eigenvalue weighted by molar-refractivity contribution is 5.88. The van der Waals surface area contributed by atoms with Crippen LogP contribution >= 0.6 is 0 Å². The predicted molar refractivity (Wildman–Crippen MR) is 95.2 cm³/mol. The average molecular weight is 341 g/mol. The van der Waals surface area contributed by atoms with Gasteiger partial charge in [-0.2, -0.15) is 0 Å². The predicted octanol–water partition coefficient (Wildman–Crippen LogP) is 3.32. The van der Waals surface area contributed by atoms with Crippen LogP contribution in [-0.4, -0.2) is 23.6 Å². The number of hydrogen-bond donors (Lipinski definition) is 2. The number of amides is 1. The lowest BCUT2D eigenvalue weighted by molar-refractivity contribution is -0.144. The minimum Gasteiger partial charge on any atom is -0.479 e. The molecular formula is C20H23NO4. The summed E-state index contributed by atoms with van der Waals surface area (Å²) in [5.41, 5.74) is 3.08. The molecule has 5 nitrogen and oxygen atoms in total. The standard InChI is InChI=1S/C20H23NO4/c1-4-25-18(15-10-6-5-7-11-15)19(22)21-17(20(23)24)16-12-8-9-13(2)14(16)3/h5-12,17-18H,4H2,1-3H3,(H,21,22)(H,23,24). The number of carboxylic acid groups (broad SMARTS) is 1. The molecule has 25 heavy (non-hydrogen) atoms. The number of aliphatic carboxylic acids is 1. The van der Waals surface area contributed by atoms with Crippen LogP contribution in [0, 0.1) is 13.8 Å². The van der Waals surface area contributed by atoms with E-state index >= 15 is 0 Å². The molecule has 1 amide bonds. The summed E-state index contributed by atoms with van der Waals surface area (Å²) in [6.45, 7) is 5.90. The zero-order chi connectivity index (χ0) is 18.4. The fourth-order valence-corrected chi connectivity index (χ4v) is 2.69. The van der Waals surface area contributed by atoms with E-state index in [2.05, 4.69) is 5.32 Å². The quantitative estimate of drug-likeness (QED) is 0.810. The van der Waals surface area contributed by atoms with Gasteiger partial charge in [0.05, 0.1) is 0 Å². The van der Waals surface area contributed by atoms with Gasteiger partial charge in [0.1, 0.15) is 0 Å². The molecule has 2 aromatic carbocycles. The third-order valence-electron chi connectivity index (χ3n) is 4.16. The number of carboxylic acids is 1. The number of nitrogens with one attached hydrogen (secondary N) is 1. The van der Waals surface area contributed by atoms with Gasteiger partial charge in [-0.1, -0.05) is 48.5 Å². The maximum absolute atomic E-state index is 12.7. The Morgan fingerprint density at radius 2 is 1.76 bits per heavy atom. The fraction of sp³-hybridized carbons (Fsp3) is 0.300. The van der Waals surface area contributed by atoms with Crippen molar-refractivity contribution >= 4 is 11.9 Å². The Hall–Kier alpha value is -2.66. The molecule has 0 heterocycles. The van der Waals surface area contributed by atoms with Gasteiger partial charge in [0.2, 0.25) is 0 Å². The molecule has 0 fully saturated rings. The summed E-state index contributed by atoms with van der Waals surface area (Å²) in [7, 11) is 0. The lowest BCUT2D eigenvalue weighted by Crippen LogP contribution is -2.38. The molecule has 0 saturated heterocycles. The third kappa shape index (κ3) is 4.45. The van der Waals surface area contributed by atoms with Crippen LogP contribution in [0.5, 0.6) is 0 Å². The van der Waals surface area contributed by atoms with Gasteiger partial charge >= 0.3 is 5.97 Å². The maximum atomic E-state index is 12.7. The maximum Gasteiger partial charge on any atom is 0.330 e. The summed E-state index contributed by atoms with van der Waals surface area (Å²) in [5.74, 6) is -1.58. The van der Waals surface area contributed by atoms with Crippen molar-refractivity contribution in [1.82, 2.24) is 5.32 Å². The minimum atomic E-state index is -1.13. The first kappa shape index (κ1) is 18.7. The van der Waals surface area contributed by atoms with Crippen LogP contribution in [-0.2, 0) is 14.3 Å². The van der Waals surface area contributed by atoms with Gasteiger partial charge in [0, 0.05) is 6.61 Å². The zero-order valence-corrected chi connectivity index (χ0v) is 14.7. The van der Waals surface area contributed by atoms with Crippen LogP contribution in [0.4, 0.5) is 0 Å². The van der Waals surface area contributed by atoms with E-state index in [1.807, 2.05) is 38.1 Å². The van der Waals surface area contributed by atoms with Crippen molar-refractivity contribution in [1.29, 1.82) is 0 Å². The van der Waals surface area contributed by atoms with E-state index in [9.17, 15) is 14.7 Å². The molecule has 0 aliphatic carbocycles. The monoisotopic (exact) mass is 341 g/mol. The third-order valence-corrected chi connectivity index (χ3v) is 4.16. The highest BCUT2D eigenvalue weighted by atomic mass is 16.5. The number of hydrogen-bond acceptors (Lipinski definition) is 3. The lowest BCUT2D eigenvalue weighted by atomic mass is 9.97. The fourth-order valence-electron chi connectivity index (χ4n) is 2.69. The lowest BCUT2D eigenvalue weighted by Gasteiger charge is -2.22. The second kappa shape index (κ2) is 8.44. The van der Waals surface area contributed by atoms with Crippen molar-refractivity contribution in [2.75, 3.05) is 6.61 Å². The molecule has 0 radical (unpaired) electrons. The summed E-state index contributed by atoms with van der Waals surface area (Å²) in [5, 5.41) is 12.2. The van der Waals surface area contributed by atoms with Crippen LogP contribution in [0.15, 0.2) is 48.5 Å². The van der Waals surface area contributed by atoms with E-state index in [0.717, 1.165) is 11.1 Å². The van der Waals surface area contributed by atoms with Crippen molar-refractivity contribution < 1.29 is 19.4 Å². The number of benzene rings is 2. The number of carbonyl (C=O) groups excluding carboxylic acids is 1. The number of aryl methyl sites for hydroxylation is 1. The summed E-state index contributed by atoms with van der Waals surface area (Å²) in [4.78, 5) is 24.5. The van der Waals surface area contributed by atoms with Crippen molar-refractivity contribution in [3.05, 3.63) is 70.8 Å². The number of rotatable bonds is 7. The molecule has 2 N–H and O–H groups in total. The minimum absolute atomic E-state index is 0.341. The second-order valence-electron chi connectivity index (χ2n) is 5.82. The topological polar surface area (TPSA) is 75.6 Å². The van der Waals surface area contributed by atoms with E-state index in [1.54, 1.807) is 31.2 Å². The van der Waals surface area contributed by atoms with E-state index in [1.165, 1.54) is 0 Å². The molecule has 0 aliphatic rings. The second-order valence-corrected chi connectivity index (χ2v) is 5.82. The first-order chi connectivity index (χ1) is 12.0. The Kier molecular flexibility index (Phi) is 6.31. The Morgan fingerprint density at radius 3 is 2.36 bits per heavy atom. The van der Waals surface area contributed by atoms with E-state index in [4.69, 9.17) is 4.74 Å². The van der Waals surface area contributed by atoms with Gasteiger partial charge in [0.15, 0.2) is 12.1 Å². The molecule has 2 atom stereocenters. The molecular weight excluding hydrogens is 318 g/mol. The number of carbonyl (C=O) groups is 2. The Bertz CT molecular complexity index is 743. The highest BCUT2D eigenvalue weighted by Crippen LogP contribution is 2.23. The molecule has 0 spiro atoms. The van der Waals surface area contributed by atoms with Gasteiger partial charge in [-0.25, -0.2) is 4.79 Å². The van der Waals surface area contributed by atoms with Gasteiger partial charge in [-0.3, -0.25) is 4.79 Å². The summed E-state index contributed by atoms with van der Waals surface area (Å²) < 4.78 is 5.56. The summed E-state index contributed by atoms with van der Waals surface area (Å²) in [6.07, 6.45) is -0.849. The molecule has 0 bridgehead atoms. The smallest absolute Gasteiger partial charge is 0.330 e. The van der Waals surface area contributed by atoms with Gasteiger partial charge in [-0.05, 0) is 43.0 Å². The van der Waals surface area contributed by atoms with Crippen LogP contribution in [0.2, 0.25) is 0 Å². The summed E-state index contributed by atoms with van der Waals surface area (Å²) in [6, 6.07) is 13.3. The number of ether oxygens (including phenoxy) is 1. The largest absolute Gasteiger partial charge is 0.479 e. The van der Waals surface area contributed by atoms with Crippen molar-refractivity contribution in [3.63, 3.8) is 0 Å². The molecule has 2 aromatic rings. The Labute approximate surface area is 147 Å². The Balaban J connectivity index is 2.30. The molecule has 0 aromatic heterocycles. The van der Waals surface area contributed by atoms with Crippen LogP contribution in [0.25, 0.3) is 0 Å². The van der Waals surface area contributed by atoms with Gasteiger partial charge in [0.25, 0.3) is 5.91 Å². The summed E-state index contributed by atoms with van der Waals surface area (Å²) >= 11 is 0. The van der Waals surface area contributed by atoms with Crippen molar-refractivity contribution in [2.24, 2.45) is 0 Å². The zero-order valence-electron chi connectivity index (χ0n) is 14.7. The van der Waals surface area contributed by atoms with Crippen LogP contribution < -0.4 is 5.32 Å². The van der Waals surface area contributed by atoms with Crippen molar-refractivity contribution in [3.8, 4) is 0 Å². The molecule has 0 saturated carbocycles.